The van der Waals surface area contributed by atoms with Crippen molar-refractivity contribution >= 4 is 11.9 Å². The van der Waals surface area contributed by atoms with Gasteiger partial charge in [-0.3, -0.25) is 4.79 Å². The van der Waals surface area contributed by atoms with Gasteiger partial charge in [0.05, 0.1) is 6.61 Å². The highest BCUT2D eigenvalue weighted by Gasteiger charge is 2.28. The lowest BCUT2D eigenvalue weighted by molar-refractivity contribution is -0.146. The van der Waals surface area contributed by atoms with Gasteiger partial charge >= 0.3 is 5.97 Å². The molecule has 0 aromatic rings. The molecule has 0 spiro atoms. The molecule has 0 saturated carbocycles. The van der Waals surface area contributed by atoms with Gasteiger partial charge in [0.1, 0.15) is 6.04 Å². The van der Waals surface area contributed by atoms with E-state index in [-0.39, 0.29) is 11.9 Å². The fourth-order valence-corrected chi connectivity index (χ4v) is 4.30. The minimum atomic E-state index is -0.408. The fraction of sp³-hybridized carbons (Fsp3) is 0.857. The minimum absolute atomic E-state index is 0.0429. The highest BCUT2D eigenvalue weighted by atomic mass is 16.5. The number of hydrogen-bond acceptors (Lipinski definition) is 3. The Morgan fingerprint density at radius 1 is 0.781 bits per heavy atom. The zero-order valence-electron chi connectivity index (χ0n) is 21.0. The topological polar surface area (TPSA) is 55.4 Å². The first-order valence-electron chi connectivity index (χ1n) is 13.8. The molecule has 0 bridgehead atoms. The van der Waals surface area contributed by atoms with Crippen molar-refractivity contribution in [3.8, 4) is 0 Å². The molecule has 1 N–H and O–H groups in total. The molecule has 1 fully saturated rings. The first-order valence-corrected chi connectivity index (χ1v) is 13.8. The molecular weight excluding hydrogens is 398 g/mol. The molecule has 4 heteroatoms. The molecule has 0 aromatic heterocycles. The lowest BCUT2D eigenvalue weighted by atomic mass is 10.0. The number of carbonyl (C=O) groups excluding carboxylic acids is 2. The first-order chi connectivity index (χ1) is 15.7. The summed E-state index contributed by atoms with van der Waals surface area (Å²) in [6, 6.07) is -0.408. The molecule has 0 unspecified atom stereocenters. The van der Waals surface area contributed by atoms with Crippen molar-refractivity contribution in [2.75, 3.05) is 6.61 Å². The van der Waals surface area contributed by atoms with E-state index in [1.807, 2.05) is 0 Å². The van der Waals surface area contributed by atoms with E-state index >= 15 is 0 Å². The van der Waals surface area contributed by atoms with Crippen LogP contribution in [0, 0.1) is 0 Å². The Balaban J connectivity index is 1.70. The van der Waals surface area contributed by atoms with Crippen molar-refractivity contribution in [3.05, 3.63) is 12.2 Å². The third-order valence-corrected chi connectivity index (χ3v) is 6.43. The van der Waals surface area contributed by atoms with E-state index in [1.165, 1.54) is 109 Å². The van der Waals surface area contributed by atoms with Crippen molar-refractivity contribution in [1.82, 2.24) is 5.32 Å². The molecule has 1 rings (SSSR count). The van der Waals surface area contributed by atoms with Crippen LogP contribution in [0.5, 0.6) is 0 Å². The highest BCUT2D eigenvalue weighted by molar-refractivity contribution is 5.87. The smallest absolute Gasteiger partial charge is 0.328 e. The molecule has 0 radical (unpaired) electrons. The average Bonchev–Trinajstić information content (AvgIpc) is 3.23. The summed E-state index contributed by atoms with van der Waals surface area (Å²) in [5.41, 5.74) is 0. The van der Waals surface area contributed by atoms with Crippen LogP contribution in [0.1, 0.15) is 142 Å². The zero-order valence-corrected chi connectivity index (χ0v) is 21.0. The zero-order chi connectivity index (χ0) is 23.1. The average molecular weight is 450 g/mol. The Bertz CT molecular complexity index is 489. The predicted molar refractivity (Wildman–Crippen MR) is 135 cm³/mol. The van der Waals surface area contributed by atoms with Crippen LogP contribution < -0.4 is 5.32 Å². The fourth-order valence-electron chi connectivity index (χ4n) is 4.30. The largest absolute Gasteiger partial charge is 0.464 e. The molecule has 1 aliphatic heterocycles. The number of ether oxygens (including phenoxy) is 1. The summed E-state index contributed by atoms with van der Waals surface area (Å²) in [6.07, 6.45) is 30.8. The molecule has 0 aliphatic carbocycles. The maximum Gasteiger partial charge on any atom is 0.328 e. The van der Waals surface area contributed by atoms with Crippen LogP contribution in [0.3, 0.4) is 0 Å². The van der Waals surface area contributed by atoms with Crippen molar-refractivity contribution < 1.29 is 14.3 Å². The van der Waals surface area contributed by atoms with Gasteiger partial charge in [-0.05, 0) is 38.5 Å². The van der Waals surface area contributed by atoms with Gasteiger partial charge in [-0.15, -0.1) is 0 Å². The molecule has 1 heterocycles. The second-order valence-electron chi connectivity index (χ2n) is 9.53. The number of hydrogen-bond donors (Lipinski definition) is 1. The lowest BCUT2D eigenvalue weighted by Crippen LogP contribution is -2.34. The Hall–Kier alpha value is -1.32. The summed E-state index contributed by atoms with van der Waals surface area (Å²) in [5.74, 6) is -0.306. The molecule has 1 saturated heterocycles. The molecule has 1 atom stereocenters. The van der Waals surface area contributed by atoms with Gasteiger partial charge in [0.25, 0.3) is 0 Å². The van der Waals surface area contributed by atoms with E-state index in [1.54, 1.807) is 0 Å². The Morgan fingerprint density at radius 2 is 1.25 bits per heavy atom. The first kappa shape index (κ1) is 28.7. The summed E-state index contributed by atoms with van der Waals surface area (Å²) in [7, 11) is 0. The molecule has 1 amide bonds. The second kappa shape index (κ2) is 21.5. The van der Waals surface area contributed by atoms with Gasteiger partial charge in [0, 0.05) is 6.42 Å². The van der Waals surface area contributed by atoms with Gasteiger partial charge < -0.3 is 10.1 Å². The number of allylic oxidation sites excluding steroid dienone is 2. The van der Waals surface area contributed by atoms with E-state index in [9.17, 15) is 9.59 Å². The predicted octanol–water partition coefficient (Wildman–Crippen LogP) is 7.80. The highest BCUT2D eigenvalue weighted by Crippen LogP contribution is 2.14. The third kappa shape index (κ3) is 17.3. The third-order valence-electron chi connectivity index (χ3n) is 6.43. The number of unbranched alkanes of at least 4 members (excludes halogenated alkanes) is 17. The van der Waals surface area contributed by atoms with E-state index in [4.69, 9.17) is 4.74 Å². The van der Waals surface area contributed by atoms with Crippen molar-refractivity contribution in [1.29, 1.82) is 0 Å². The van der Waals surface area contributed by atoms with Crippen molar-refractivity contribution in [2.24, 2.45) is 0 Å². The van der Waals surface area contributed by atoms with E-state index in [0.29, 0.717) is 19.4 Å². The molecular formula is C28H51NO3. The number of rotatable bonds is 22. The van der Waals surface area contributed by atoms with Crippen LogP contribution in [0.25, 0.3) is 0 Å². The van der Waals surface area contributed by atoms with Crippen LogP contribution in [0.15, 0.2) is 12.2 Å². The monoisotopic (exact) mass is 449 g/mol. The Morgan fingerprint density at radius 3 is 1.72 bits per heavy atom. The van der Waals surface area contributed by atoms with E-state index in [0.717, 1.165) is 12.8 Å². The standard InChI is InChI=1S/C28H51NO3/c1-2-3-4-5-6-7-8-9-10-11-12-13-14-15-16-17-18-19-20-21-22-25-32-28(31)26-23-24-27(30)29-26/h7-8,26H,2-6,9-25H2,1H3,(H,29,30)/b8-7+/t26-/m0/s1. The van der Waals surface area contributed by atoms with E-state index < -0.39 is 6.04 Å². The van der Waals surface area contributed by atoms with Crippen LogP contribution in [0.4, 0.5) is 0 Å². The summed E-state index contributed by atoms with van der Waals surface area (Å²) in [5, 5.41) is 2.65. The summed E-state index contributed by atoms with van der Waals surface area (Å²) in [6.45, 7) is 2.76. The molecule has 32 heavy (non-hydrogen) atoms. The number of carbonyl (C=O) groups is 2. The van der Waals surface area contributed by atoms with Gasteiger partial charge in [-0.2, -0.15) is 0 Å². The normalized spacial score (nSPS) is 16.0. The number of amides is 1. The van der Waals surface area contributed by atoms with Crippen molar-refractivity contribution in [3.63, 3.8) is 0 Å². The van der Waals surface area contributed by atoms with Crippen LogP contribution >= 0.6 is 0 Å². The Labute approximate surface area is 198 Å². The summed E-state index contributed by atoms with van der Waals surface area (Å²) in [4.78, 5) is 22.9. The van der Waals surface area contributed by atoms with Crippen molar-refractivity contribution in [2.45, 2.75) is 148 Å². The number of nitrogens with one attached hydrogen (secondary N) is 1. The van der Waals surface area contributed by atoms with Gasteiger partial charge in [-0.1, -0.05) is 109 Å². The van der Waals surface area contributed by atoms with Gasteiger partial charge in [0.15, 0.2) is 0 Å². The van der Waals surface area contributed by atoms with Crippen LogP contribution in [-0.2, 0) is 14.3 Å². The van der Waals surface area contributed by atoms with Gasteiger partial charge in [0.2, 0.25) is 5.91 Å². The summed E-state index contributed by atoms with van der Waals surface area (Å²) >= 11 is 0. The maximum absolute atomic E-state index is 11.8. The van der Waals surface area contributed by atoms with Crippen LogP contribution in [0.2, 0.25) is 0 Å². The lowest BCUT2D eigenvalue weighted by Gasteiger charge is -2.09. The van der Waals surface area contributed by atoms with Gasteiger partial charge in [-0.25, -0.2) is 4.79 Å². The second-order valence-corrected chi connectivity index (χ2v) is 9.53. The van der Waals surface area contributed by atoms with E-state index in [2.05, 4.69) is 24.4 Å². The molecule has 4 nitrogen and oxygen atoms in total. The minimum Gasteiger partial charge on any atom is -0.464 e. The van der Waals surface area contributed by atoms with Crippen LogP contribution in [-0.4, -0.2) is 24.5 Å². The maximum atomic E-state index is 11.8. The number of esters is 1. The summed E-state index contributed by atoms with van der Waals surface area (Å²) < 4.78 is 5.26. The molecule has 186 valence electrons. The Kier molecular flexibility index (Phi) is 19.3. The SMILES string of the molecule is CCCCCC/C=C/CCCCCCCCCCCCCCCOC(=O)[C@@H]1CCC(=O)N1. The quantitative estimate of drug-likeness (QED) is 0.104. The molecule has 1 aliphatic rings. The molecule has 0 aromatic carbocycles.